The van der Waals surface area contributed by atoms with Crippen molar-refractivity contribution in [2.75, 3.05) is 0 Å². The number of nitrogens with zero attached hydrogens (tertiary/aromatic N) is 4. The molecule has 0 bridgehead atoms. The lowest BCUT2D eigenvalue weighted by Crippen LogP contribution is -2.05. The number of fused-ring (bicyclic) bond motifs is 1. The van der Waals surface area contributed by atoms with E-state index in [1.165, 1.54) is 0 Å². The molecule has 0 aliphatic heterocycles. The Morgan fingerprint density at radius 3 is 2.76 bits per heavy atom. The molecule has 0 amide bonds. The van der Waals surface area contributed by atoms with Crippen LogP contribution < -0.4 is 0 Å². The van der Waals surface area contributed by atoms with Gasteiger partial charge in [-0.2, -0.15) is 0 Å². The molecule has 1 N–H and O–H groups in total. The van der Waals surface area contributed by atoms with Gasteiger partial charge < -0.3 is 5.11 Å². The number of carboxylic acids is 1. The SMILES string of the molecule is O=C(O)CCCn1nnnc1-c1ccc2ccccc2c1. The molecule has 1 heterocycles. The van der Waals surface area contributed by atoms with Crippen LogP contribution in [0.1, 0.15) is 12.8 Å². The van der Waals surface area contributed by atoms with E-state index in [9.17, 15) is 4.79 Å². The minimum Gasteiger partial charge on any atom is -0.481 e. The minimum atomic E-state index is -0.810. The Labute approximate surface area is 121 Å². The van der Waals surface area contributed by atoms with Gasteiger partial charge in [0.2, 0.25) is 0 Å². The summed E-state index contributed by atoms with van der Waals surface area (Å²) in [7, 11) is 0. The summed E-state index contributed by atoms with van der Waals surface area (Å²) in [4.78, 5) is 10.6. The van der Waals surface area contributed by atoms with Gasteiger partial charge in [-0.05, 0) is 33.7 Å². The first-order valence-corrected chi connectivity index (χ1v) is 6.71. The van der Waals surface area contributed by atoms with Gasteiger partial charge in [0, 0.05) is 18.5 Å². The van der Waals surface area contributed by atoms with Gasteiger partial charge in [0.25, 0.3) is 0 Å². The molecule has 0 aliphatic carbocycles. The zero-order valence-electron chi connectivity index (χ0n) is 11.3. The van der Waals surface area contributed by atoms with Gasteiger partial charge in [-0.3, -0.25) is 4.79 Å². The van der Waals surface area contributed by atoms with Crippen molar-refractivity contribution >= 4 is 16.7 Å². The molecular formula is C15H14N4O2. The van der Waals surface area contributed by atoms with Crippen molar-refractivity contribution in [1.29, 1.82) is 0 Å². The Morgan fingerprint density at radius 1 is 1.14 bits per heavy atom. The molecule has 0 spiro atoms. The minimum absolute atomic E-state index is 0.108. The van der Waals surface area contributed by atoms with E-state index in [0.29, 0.717) is 18.8 Å². The van der Waals surface area contributed by atoms with Crippen LogP contribution in [0.5, 0.6) is 0 Å². The molecule has 0 fully saturated rings. The zero-order chi connectivity index (χ0) is 14.7. The second-order valence-corrected chi connectivity index (χ2v) is 4.78. The molecular weight excluding hydrogens is 268 g/mol. The Hall–Kier alpha value is -2.76. The summed E-state index contributed by atoms with van der Waals surface area (Å²) < 4.78 is 1.65. The van der Waals surface area contributed by atoms with Gasteiger partial charge >= 0.3 is 5.97 Å². The largest absolute Gasteiger partial charge is 0.481 e. The molecule has 0 saturated heterocycles. The highest BCUT2D eigenvalue weighted by Crippen LogP contribution is 2.22. The molecule has 3 aromatic rings. The van der Waals surface area contributed by atoms with E-state index in [1.54, 1.807) is 4.68 Å². The Kier molecular flexibility index (Phi) is 3.59. The highest BCUT2D eigenvalue weighted by atomic mass is 16.4. The number of carboxylic acid groups (broad SMARTS) is 1. The predicted octanol–water partition coefficient (Wildman–Crippen LogP) is 2.36. The number of aliphatic carboxylic acids is 1. The van der Waals surface area contributed by atoms with Crippen molar-refractivity contribution < 1.29 is 9.90 Å². The average molecular weight is 282 g/mol. The second-order valence-electron chi connectivity index (χ2n) is 4.78. The van der Waals surface area contributed by atoms with E-state index >= 15 is 0 Å². The van der Waals surface area contributed by atoms with Gasteiger partial charge in [0.1, 0.15) is 0 Å². The van der Waals surface area contributed by atoms with Gasteiger partial charge in [-0.15, -0.1) is 5.10 Å². The lowest BCUT2D eigenvalue weighted by molar-refractivity contribution is -0.137. The lowest BCUT2D eigenvalue weighted by Gasteiger charge is -2.05. The third-order valence-electron chi connectivity index (χ3n) is 3.30. The van der Waals surface area contributed by atoms with Crippen molar-refractivity contribution in [1.82, 2.24) is 20.2 Å². The molecule has 0 unspecified atom stereocenters. The summed E-state index contributed by atoms with van der Waals surface area (Å²) in [6.45, 7) is 0.488. The first-order valence-electron chi connectivity index (χ1n) is 6.71. The van der Waals surface area contributed by atoms with Crippen LogP contribution in [0.3, 0.4) is 0 Å². The van der Waals surface area contributed by atoms with Crippen LogP contribution in [-0.2, 0) is 11.3 Å². The number of aromatic nitrogens is 4. The molecule has 3 rings (SSSR count). The lowest BCUT2D eigenvalue weighted by atomic mass is 10.1. The summed E-state index contributed by atoms with van der Waals surface area (Å²) >= 11 is 0. The van der Waals surface area contributed by atoms with E-state index in [0.717, 1.165) is 16.3 Å². The number of rotatable bonds is 5. The highest BCUT2D eigenvalue weighted by Gasteiger charge is 2.09. The van der Waals surface area contributed by atoms with Crippen LogP contribution in [0, 0.1) is 0 Å². The third kappa shape index (κ3) is 2.89. The van der Waals surface area contributed by atoms with Crippen molar-refractivity contribution in [3.8, 4) is 11.4 Å². The fourth-order valence-corrected chi connectivity index (χ4v) is 2.27. The van der Waals surface area contributed by atoms with Crippen molar-refractivity contribution in [3.63, 3.8) is 0 Å². The maximum atomic E-state index is 10.6. The average Bonchev–Trinajstić information content (AvgIpc) is 2.95. The van der Waals surface area contributed by atoms with E-state index in [4.69, 9.17) is 5.11 Å². The summed E-state index contributed by atoms with van der Waals surface area (Å²) in [5.41, 5.74) is 0.925. The molecule has 0 saturated carbocycles. The van der Waals surface area contributed by atoms with E-state index in [2.05, 4.69) is 21.6 Å². The molecule has 0 radical (unpaired) electrons. The van der Waals surface area contributed by atoms with Gasteiger partial charge in [-0.1, -0.05) is 36.4 Å². The topological polar surface area (TPSA) is 80.9 Å². The number of hydrogen-bond acceptors (Lipinski definition) is 4. The summed E-state index contributed by atoms with van der Waals surface area (Å²) in [5.74, 6) is -0.151. The monoisotopic (exact) mass is 282 g/mol. The second kappa shape index (κ2) is 5.70. The fourth-order valence-electron chi connectivity index (χ4n) is 2.27. The van der Waals surface area contributed by atoms with Crippen molar-refractivity contribution in [2.45, 2.75) is 19.4 Å². The molecule has 1 aromatic heterocycles. The molecule has 106 valence electrons. The predicted molar refractivity (Wildman–Crippen MR) is 77.6 cm³/mol. The molecule has 0 atom stereocenters. The summed E-state index contributed by atoms with van der Waals surface area (Å²) in [6, 6.07) is 14.1. The smallest absolute Gasteiger partial charge is 0.303 e. The van der Waals surface area contributed by atoms with Crippen LogP contribution in [0.2, 0.25) is 0 Å². The number of hydrogen-bond donors (Lipinski definition) is 1. The molecule has 6 nitrogen and oxygen atoms in total. The van der Waals surface area contributed by atoms with Crippen LogP contribution in [-0.4, -0.2) is 31.3 Å². The quantitative estimate of drug-likeness (QED) is 0.777. The Morgan fingerprint density at radius 2 is 1.95 bits per heavy atom. The number of benzene rings is 2. The van der Waals surface area contributed by atoms with Gasteiger partial charge in [0.05, 0.1) is 0 Å². The number of tetrazole rings is 1. The van der Waals surface area contributed by atoms with Crippen molar-refractivity contribution in [2.24, 2.45) is 0 Å². The standard InChI is InChI=1S/C15H14N4O2/c20-14(21)6-3-9-19-15(16-17-18-19)13-8-7-11-4-1-2-5-12(11)10-13/h1-2,4-5,7-8,10H,3,6,9H2,(H,20,21). The molecule has 21 heavy (non-hydrogen) atoms. The van der Waals surface area contributed by atoms with Crippen LogP contribution in [0.25, 0.3) is 22.2 Å². The van der Waals surface area contributed by atoms with E-state index in [1.807, 2.05) is 36.4 Å². The van der Waals surface area contributed by atoms with Gasteiger partial charge in [0.15, 0.2) is 5.82 Å². The molecule has 0 aliphatic rings. The van der Waals surface area contributed by atoms with Crippen molar-refractivity contribution in [3.05, 3.63) is 42.5 Å². The Balaban J connectivity index is 1.88. The first-order chi connectivity index (χ1) is 10.2. The van der Waals surface area contributed by atoms with Gasteiger partial charge in [-0.25, -0.2) is 4.68 Å². The summed E-state index contributed by atoms with van der Waals surface area (Å²) in [6.07, 6.45) is 0.609. The zero-order valence-corrected chi connectivity index (χ0v) is 11.3. The molecule has 2 aromatic carbocycles. The number of carbonyl (C=O) groups is 1. The van der Waals surface area contributed by atoms with E-state index < -0.39 is 5.97 Å². The summed E-state index contributed by atoms with van der Waals surface area (Å²) in [5, 5.41) is 22.6. The Bertz CT molecular complexity index is 782. The normalized spacial score (nSPS) is 10.9. The first kappa shape index (κ1) is 13.2. The fraction of sp³-hybridized carbons (Fsp3) is 0.200. The van der Waals surface area contributed by atoms with Crippen LogP contribution >= 0.6 is 0 Å². The van der Waals surface area contributed by atoms with E-state index in [-0.39, 0.29) is 6.42 Å². The van der Waals surface area contributed by atoms with Crippen LogP contribution in [0.15, 0.2) is 42.5 Å². The highest BCUT2D eigenvalue weighted by molar-refractivity contribution is 5.86. The number of aryl methyl sites for hydroxylation is 1. The van der Waals surface area contributed by atoms with Crippen LogP contribution in [0.4, 0.5) is 0 Å². The third-order valence-corrected chi connectivity index (χ3v) is 3.30. The maximum absolute atomic E-state index is 10.6. The molecule has 6 heteroatoms. The maximum Gasteiger partial charge on any atom is 0.303 e.